The van der Waals surface area contributed by atoms with Gasteiger partial charge in [0.25, 0.3) is 0 Å². The Morgan fingerprint density at radius 2 is 2.00 bits per heavy atom. The Kier molecular flexibility index (Phi) is 8.88. The van der Waals surface area contributed by atoms with Crippen molar-refractivity contribution in [2.24, 2.45) is 0 Å². The minimum absolute atomic E-state index is 0.552. The molecule has 74 valence electrons. The van der Waals surface area contributed by atoms with Crippen LogP contribution in [0, 0.1) is 0 Å². The number of hydrogen-bond donors (Lipinski definition) is 1. The molecule has 0 saturated heterocycles. The largest absolute Gasteiger partial charge is 0.381 e. The van der Waals surface area contributed by atoms with Crippen LogP contribution < -0.4 is 0 Å². The molecule has 0 rings (SSSR count). The molecule has 0 radical (unpaired) electrons. The van der Waals surface area contributed by atoms with Crippen molar-refractivity contribution < 1.29 is 14.6 Å². The minimum atomic E-state index is -0.656. The maximum Gasteiger partial charge on any atom is 0.156 e. The van der Waals surface area contributed by atoms with E-state index >= 15 is 0 Å². The van der Waals surface area contributed by atoms with Crippen LogP contribution >= 0.6 is 0 Å². The van der Waals surface area contributed by atoms with E-state index < -0.39 is 6.29 Å². The quantitative estimate of drug-likeness (QED) is 0.450. The van der Waals surface area contributed by atoms with Crippen molar-refractivity contribution in [1.82, 2.24) is 0 Å². The van der Waals surface area contributed by atoms with E-state index in [0.29, 0.717) is 19.6 Å². The Hall–Kier alpha value is -0.120. The van der Waals surface area contributed by atoms with Gasteiger partial charge in [-0.2, -0.15) is 0 Å². The van der Waals surface area contributed by atoms with Crippen LogP contribution in [-0.4, -0.2) is 31.2 Å². The number of ether oxygens (including phenoxy) is 2. The summed E-state index contributed by atoms with van der Waals surface area (Å²) in [5.74, 6) is 0. The van der Waals surface area contributed by atoms with E-state index in [4.69, 9.17) is 14.6 Å². The Morgan fingerprint density at radius 1 is 1.25 bits per heavy atom. The summed E-state index contributed by atoms with van der Waals surface area (Å²) < 4.78 is 10.2. The van der Waals surface area contributed by atoms with E-state index in [1.807, 2.05) is 6.92 Å². The van der Waals surface area contributed by atoms with Gasteiger partial charge in [-0.3, -0.25) is 0 Å². The van der Waals surface area contributed by atoms with E-state index in [9.17, 15) is 0 Å². The van der Waals surface area contributed by atoms with Crippen LogP contribution in [0.5, 0.6) is 0 Å². The van der Waals surface area contributed by atoms with E-state index in [1.165, 1.54) is 0 Å². The third kappa shape index (κ3) is 7.98. The van der Waals surface area contributed by atoms with Gasteiger partial charge in [-0.1, -0.05) is 13.3 Å². The molecule has 0 aromatic carbocycles. The second kappa shape index (κ2) is 8.97. The van der Waals surface area contributed by atoms with Crippen molar-refractivity contribution in [2.75, 3.05) is 19.8 Å². The van der Waals surface area contributed by atoms with Gasteiger partial charge in [0.15, 0.2) is 6.29 Å². The summed E-state index contributed by atoms with van der Waals surface area (Å²) >= 11 is 0. The number of unbranched alkanes of at least 4 members (excludes halogenated alkanes) is 1. The SMILES string of the molecule is CCCCOCCC(O)OCC. The molecular formula is C9H20O3. The van der Waals surface area contributed by atoms with Crippen molar-refractivity contribution in [3.05, 3.63) is 0 Å². The molecule has 3 nitrogen and oxygen atoms in total. The van der Waals surface area contributed by atoms with Gasteiger partial charge >= 0.3 is 0 Å². The summed E-state index contributed by atoms with van der Waals surface area (Å²) in [5.41, 5.74) is 0. The molecule has 0 aromatic rings. The number of aliphatic hydroxyl groups excluding tert-OH is 1. The topological polar surface area (TPSA) is 38.7 Å². The molecule has 0 amide bonds. The molecule has 12 heavy (non-hydrogen) atoms. The monoisotopic (exact) mass is 176 g/mol. The molecule has 1 N–H and O–H groups in total. The normalized spacial score (nSPS) is 13.2. The molecule has 0 spiro atoms. The van der Waals surface area contributed by atoms with Crippen molar-refractivity contribution in [1.29, 1.82) is 0 Å². The smallest absolute Gasteiger partial charge is 0.156 e. The third-order valence-electron chi connectivity index (χ3n) is 1.51. The average molecular weight is 176 g/mol. The van der Waals surface area contributed by atoms with Crippen LogP contribution in [-0.2, 0) is 9.47 Å². The Balaban J connectivity index is 2.97. The number of aliphatic hydroxyl groups is 1. The molecule has 0 aliphatic heterocycles. The van der Waals surface area contributed by atoms with Gasteiger partial charge in [0, 0.05) is 19.6 Å². The van der Waals surface area contributed by atoms with E-state index in [1.54, 1.807) is 0 Å². The van der Waals surface area contributed by atoms with Gasteiger partial charge in [-0.25, -0.2) is 0 Å². The Morgan fingerprint density at radius 3 is 2.58 bits per heavy atom. The molecule has 0 aliphatic rings. The van der Waals surface area contributed by atoms with Crippen LogP contribution in [0.2, 0.25) is 0 Å². The predicted molar refractivity (Wildman–Crippen MR) is 48.0 cm³/mol. The lowest BCUT2D eigenvalue weighted by Crippen LogP contribution is -2.14. The molecule has 0 heterocycles. The van der Waals surface area contributed by atoms with Crippen LogP contribution in [0.1, 0.15) is 33.1 Å². The summed E-state index contributed by atoms with van der Waals surface area (Å²) in [6, 6.07) is 0. The first kappa shape index (κ1) is 11.9. The molecule has 3 heteroatoms. The molecule has 0 aromatic heterocycles. The molecule has 0 aliphatic carbocycles. The Bertz CT molecular complexity index is 85.8. The van der Waals surface area contributed by atoms with E-state index in [-0.39, 0.29) is 0 Å². The van der Waals surface area contributed by atoms with Crippen molar-refractivity contribution in [3.63, 3.8) is 0 Å². The van der Waals surface area contributed by atoms with Gasteiger partial charge in [-0.15, -0.1) is 0 Å². The molecule has 0 saturated carbocycles. The fraction of sp³-hybridized carbons (Fsp3) is 1.00. The molecular weight excluding hydrogens is 156 g/mol. The van der Waals surface area contributed by atoms with Crippen molar-refractivity contribution >= 4 is 0 Å². The van der Waals surface area contributed by atoms with Gasteiger partial charge < -0.3 is 14.6 Å². The number of hydrogen-bond acceptors (Lipinski definition) is 3. The predicted octanol–water partition coefficient (Wildman–Crippen LogP) is 1.55. The van der Waals surface area contributed by atoms with Crippen molar-refractivity contribution in [2.45, 2.75) is 39.4 Å². The summed E-state index contributed by atoms with van der Waals surface area (Å²) in [6.07, 6.45) is 2.15. The zero-order valence-corrected chi connectivity index (χ0v) is 8.08. The van der Waals surface area contributed by atoms with Crippen LogP contribution in [0.25, 0.3) is 0 Å². The minimum Gasteiger partial charge on any atom is -0.381 e. The fourth-order valence-electron chi connectivity index (χ4n) is 0.808. The molecule has 0 fully saturated rings. The summed E-state index contributed by atoms with van der Waals surface area (Å²) in [7, 11) is 0. The summed E-state index contributed by atoms with van der Waals surface area (Å²) in [5, 5.41) is 9.10. The number of rotatable bonds is 8. The van der Waals surface area contributed by atoms with Crippen LogP contribution in [0.3, 0.4) is 0 Å². The van der Waals surface area contributed by atoms with Crippen LogP contribution in [0.4, 0.5) is 0 Å². The first-order valence-electron chi connectivity index (χ1n) is 4.68. The van der Waals surface area contributed by atoms with Gasteiger partial charge in [-0.05, 0) is 13.3 Å². The maximum atomic E-state index is 9.10. The molecule has 1 atom stereocenters. The second-order valence-electron chi connectivity index (χ2n) is 2.66. The molecule has 0 bridgehead atoms. The summed E-state index contributed by atoms with van der Waals surface area (Å²) in [6.45, 7) is 5.91. The highest BCUT2D eigenvalue weighted by atomic mass is 16.6. The third-order valence-corrected chi connectivity index (χ3v) is 1.51. The average Bonchev–Trinajstić information content (AvgIpc) is 2.05. The van der Waals surface area contributed by atoms with Gasteiger partial charge in [0.05, 0.1) is 6.61 Å². The lowest BCUT2D eigenvalue weighted by molar-refractivity contribution is -0.108. The zero-order valence-electron chi connectivity index (χ0n) is 8.08. The standard InChI is InChI=1S/C9H20O3/c1-3-5-7-11-8-6-9(10)12-4-2/h9-10H,3-8H2,1-2H3. The van der Waals surface area contributed by atoms with E-state index in [2.05, 4.69) is 6.92 Å². The zero-order chi connectivity index (χ0) is 9.23. The highest BCUT2D eigenvalue weighted by Crippen LogP contribution is 1.95. The van der Waals surface area contributed by atoms with E-state index in [0.717, 1.165) is 19.4 Å². The lowest BCUT2D eigenvalue weighted by atomic mass is 10.4. The highest BCUT2D eigenvalue weighted by molar-refractivity contribution is 4.40. The summed E-state index contributed by atoms with van der Waals surface area (Å²) in [4.78, 5) is 0. The first-order chi connectivity index (χ1) is 5.81. The van der Waals surface area contributed by atoms with Gasteiger partial charge in [0.1, 0.15) is 0 Å². The maximum absolute atomic E-state index is 9.10. The Labute approximate surface area is 74.7 Å². The lowest BCUT2D eigenvalue weighted by Gasteiger charge is -2.09. The first-order valence-corrected chi connectivity index (χ1v) is 4.68. The molecule has 1 unspecified atom stereocenters. The fourth-order valence-corrected chi connectivity index (χ4v) is 0.808. The van der Waals surface area contributed by atoms with Crippen molar-refractivity contribution in [3.8, 4) is 0 Å². The van der Waals surface area contributed by atoms with Gasteiger partial charge in [0.2, 0.25) is 0 Å². The van der Waals surface area contributed by atoms with Crippen LogP contribution in [0.15, 0.2) is 0 Å². The second-order valence-corrected chi connectivity index (χ2v) is 2.66. The highest BCUT2D eigenvalue weighted by Gasteiger charge is 2.01.